The van der Waals surface area contributed by atoms with Crippen LogP contribution in [0.3, 0.4) is 0 Å². The first-order valence-electron chi connectivity index (χ1n) is 10.6. The number of nitrogens with zero attached hydrogens (tertiary/aromatic N) is 1. The molecule has 2 heteroatoms. The predicted octanol–water partition coefficient (Wildman–Crippen LogP) is 6.57. The summed E-state index contributed by atoms with van der Waals surface area (Å²) < 4.78 is 0. The molecule has 3 unspecified atom stereocenters. The van der Waals surface area contributed by atoms with E-state index >= 15 is 0 Å². The molecule has 0 aliphatic heterocycles. The fraction of sp³-hybridized carbons (Fsp3) is 0.625. The second-order valence-corrected chi connectivity index (χ2v) is 8.28. The number of hydrogen-bond acceptors (Lipinski definition) is 2. The molecule has 1 aromatic carbocycles. The van der Waals surface area contributed by atoms with Crippen LogP contribution in [-0.4, -0.2) is 12.3 Å². The Morgan fingerprint density at radius 3 is 2.58 bits per heavy atom. The zero-order valence-electron chi connectivity index (χ0n) is 17.2. The first-order valence-corrected chi connectivity index (χ1v) is 10.6. The highest BCUT2D eigenvalue weighted by Gasteiger charge is 2.23. The van der Waals surface area contributed by atoms with Gasteiger partial charge in [0.2, 0.25) is 0 Å². The van der Waals surface area contributed by atoms with E-state index < -0.39 is 0 Å². The zero-order valence-corrected chi connectivity index (χ0v) is 17.2. The minimum absolute atomic E-state index is 0.325. The zero-order chi connectivity index (χ0) is 18.9. The van der Waals surface area contributed by atoms with E-state index in [-0.39, 0.29) is 0 Å². The van der Waals surface area contributed by atoms with Crippen LogP contribution >= 0.6 is 0 Å². The molecule has 1 aliphatic rings. The highest BCUT2D eigenvalue weighted by molar-refractivity contribution is 5.69. The number of nitrogens with two attached hydrogens (primary N) is 1. The van der Waals surface area contributed by atoms with Crippen LogP contribution in [0.25, 0.3) is 5.57 Å². The van der Waals surface area contributed by atoms with Gasteiger partial charge in [-0.3, -0.25) is 4.99 Å². The average molecular weight is 355 g/mol. The van der Waals surface area contributed by atoms with Gasteiger partial charge in [0.15, 0.2) is 0 Å². The van der Waals surface area contributed by atoms with Crippen LogP contribution in [0.4, 0.5) is 0 Å². The van der Waals surface area contributed by atoms with E-state index in [2.05, 4.69) is 63.2 Å². The number of hydrogen-bond donors (Lipinski definition) is 1. The van der Waals surface area contributed by atoms with E-state index in [1.54, 1.807) is 0 Å². The fourth-order valence-corrected chi connectivity index (χ4v) is 4.05. The first kappa shape index (κ1) is 20.9. The van der Waals surface area contributed by atoms with E-state index in [0.29, 0.717) is 17.9 Å². The van der Waals surface area contributed by atoms with Gasteiger partial charge >= 0.3 is 0 Å². The van der Waals surface area contributed by atoms with Gasteiger partial charge in [0.25, 0.3) is 0 Å². The molecule has 2 nitrogen and oxygen atoms in total. The summed E-state index contributed by atoms with van der Waals surface area (Å²) >= 11 is 0. The van der Waals surface area contributed by atoms with Gasteiger partial charge in [-0.2, -0.15) is 0 Å². The molecule has 0 bridgehead atoms. The van der Waals surface area contributed by atoms with Gasteiger partial charge in [-0.15, -0.1) is 0 Å². The van der Waals surface area contributed by atoms with Crippen molar-refractivity contribution in [1.82, 2.24) is 0 Å². The van der Waals surface area contributed by atoms with Gasteiger partial charge in [0.05, 0.1) is 0 Å². The molecule has 0 saturated heterocycles. The summed E-state index contributed by atoms with van der Waals surface area (Å²) in [5.74, 6) is 1.72. The summed E-state index contributed by atoms with van der Waals surface area (Å²) in [5.41, 5.74) is 10.6. The van der Waals surface area contributed by atoms with Crippen molar-refractivity contribution in [3.05, 3.63) is 41.6 Å². The highest BCUT2D eigenvalue weighted by atomic mass is 14.7. The minimum Gasteiger partial charge on any atom is -0.327 e. The maximum Gasteiger partial charge on any atom is 0.0299 e. The molecule has 0 aromatic heterocycles. The van der Waals surface area contributed by atoms with Crippen LogP contribution in [0.2, 0.25) is 0 Å². The molecule has 26 heavy (non-hydrogen) atoms. The van der Waals surface area contributed by atoms with E-state index in [1.807, 2.05) is 6.20 Å². The molecular formula is C24H38N2. The van der Waals surface area contributed by atoms with Crippen molar-refractivity contribution in [1.29, 1.82) is 0 Å². The quantitative estimate of drug-likeness (QED) is 0.527. The van der Waals surface area contributed by atoms with Gasteiger partial charge in [0, 0.05) is 18.5 Å². The van der Waals surface area contributed by atoms with Crippen molar-refractivity contribution in [2.45, 2.75) is 84.6 Å². The van der Waals surface area contributed by atoms with Crippen molar-refractivity contribution in [2.24, 2.45) is 22.6 Å². The van der Waals surface area contributed by atoms with Crippen molar-refractivity contribution < 1.29 is 0 Å². The van der Waals surface area contributed by atoms with Crippen molar-refractivity contribution >= 4 is 11.8 Å². The maximum atomic E-state index is 6.60. The van der Waals surface area contributed by atoms with E-state index in [9.17, 15) is 0 Å². The van der Waals surface area contributed by atoms with E-state index in [0.717, 1.165) is 18.8 Å². The number of rotatable bonds is 8. The smallest absolute Gasteiger partial charge is 0.0299 e. The van der Waals surface area contributed by atoms with Gasteiger partial charge in [-0.1, -0.05) is 64.3 Å². The van der Waals surface area contributed by atoms with Crippen molar-refractivity contribution in [2.75, 3.05) is 0 Å². The van der Waals surface area contributed by atoms with Gasteiger partial charge in [0.1, 0.15) is 0 Å². The third-order valence-corrected chi connectivity index (χ3v) is 6.05. The lowest BCUT2D eigenvalue weighted by Gasteiger charge is -2.30. The van der Waals surface area contributed by atoms with Crippen LogP contribution in [0.1, 0.15) is 89.7 Å². The molecule has 0 spiro atoms. The average Bonchev–Trinajstić information content (AvgIpc) is 2.68. The molecule has 144 valence electrons. The Balaban J connectivity index is 2.09. The topological polar surface area (TPSA) is 38.4 Å². The SMILES string of the molecule is CCC(C)C=NC=C(C)c1ccccc1C(C)CC(N)C1CCCCC1. The van der Waals surface area contributed by atoms with Crippen molar-refractivity contribution in [3.63, 3.8) is 0 Å². The van der Waals surface area contributed by atoms with Crippen LogP contribution in [0.15, 0.2) is 35.5 Å². The maximum absolute atomic E-state index is 6.60. The van der Waals surface area contributed by atoms with Crippen LogP contribution in [0, 0.1) is 11.8 Å². The van der Waals surface area contributed by atoms with Crippen LogP contribution in [0.5, 0.6) is 0 Å². The summed E-state index contributed by atoms with van der Waals surface area (Å²) in [6.07, 6.45) is 13.0. The van der Waals surface area contributed by atoms with Gasteiger partial charge in [-0.25, -0.2) is 0 Å². The first-order chi connectivity index (χ1) is 12.5. The lowest BCUT2D eigenvalue weighted by atomic mass is 9.79. The number of aliphatic imine (C=N–C) groups is 1. The largest absolute Gasteiger partial charge is 0.327 e. The second-order valence-electron chi connectivity index (χ2n) is 8.28. The summed E-state index contributed by atoms with van der Waals surface area (Å²) in [6.45, 7) is 8.90. The minimum atomic E-state index is 0.325. The number of allylic oxidation sites excluding steroid dienone is 1. The second kappa shape index (κ2) is 10.7. The third kappa shape index (κ3) is 6.09. The molecule has 0 heterocycles. The molecule has 2 rings (SSSR count). The van der Waals surface area contributed by atoms with E-state index in [1.165, 1.54) is 48.8 Å². The molecular weight excluding hydrogens is 316 g/mol. The van der Waals surface area contributed by atoms with Gasteiger partial charge < -0.3 is 5.73 Å². The molecule has 1 aromatic rings. The fourth-order valence-electron chi connectivity index (χ4n) is 4.05. The summed E-state index contributed by atoms with van der Waals surface area (Å²) in [7, 11) is 0. The standard InChI is InChI=1S/C24H38N2/c1-5-18(2)16-26-17-20(4)23-14-10-9-13-22(23)19(3)15-24(25)21-11-7-6-8-12-21/h9-10,13-14,16-19,21,24H,5-8,11-12,15,25H2,1-4H3. The van der Waals surface area contributed by atoms with Gasteiger partial charge in [-0.05, 0) is 67.1 Å². The Kier molecular flexibility index (Phi) is 8.58. The third-order valence-electron chi connectivity index (χ3n) is 6.05. The van der Waals surface area contributed by atoms with Crippen LogP contribution in [-0.2, 0) is 0 Å². The molecule has 1 aliphatic carbocycles. The molecule has 2 N–H and O–H groups in total. The summed E-state index contributed by atoms with van der Waals surface area (Å²) in [5, 5.41) is 0. The molecule has 0 amide bonds. The predicted molar refractivity (Wildman–Crippen MR) is 116 cm³/mol. The molecule has 1 fully saturated rings. The lowest BCUT2D eigenvalue weighted by Crippen LogP contribution is -2.32. The summed E-state index contributed by atoms with van der Waals surface area (Å²) in [6, 6.07) is 9.09. The summed E-state index contributed by atoms with van der Waals surface area (Å²) in [4.78, 5) is 4.54. The van der Waals surface area contributed by atoms with Crippen LogP contribution < -0.4 is 5.73 Å². The van der Waals surface area contributed by atoms with E-state index in [4.69, 9.17) is 5.73 Å². The Morgan fingerprint density at radius 1 is 1.19 bits per heavy atom. The highest BCUT2D eigenvalue weighted by Crippen LogP contribution is 2.33. The normalized spacial score (nSPS) is 20.3. The Hall–Kier alpha value is -1.41. The van der Waals surface area contributed by atoms with Crippen molar-refractivity contribution in [3.8, 4) is 0 Å². The Morgan fingerprint density at radius 2 is 1.88 bits per heavy atom. The molecule has 1 saturated carbocycles. The monoisotopic (exact) mass is 354 g/mol. The lowest BCUT2D eigenvalue weighted by molar-refractivity contribution is 0.287. The Bertz CT molecular complexity index is 596. The Labute approximate surface area is 161 Å². The number of benzene rings is 1. The molecule has 0 radical (unpaired) electrons. The molecule has 3 atom stereocenters.